The number of hydrogen-bond donors (Lipinski definition) is 1. The number of benzene rings is 1. The molecule has 3 heterocycles. The van der Waals surface area contributed by atoms with Gasteiger partial charge in [0.05, 0.1) is 12.3 Å². The van der Waals surface area contributed by atoms with Gasteiger partial charge in [-0.25, -0.2) is 0 Å². The van der Waals surface area contributed by atoms with Crippen molar-refractivity contribution in [1.29, 1.82) is 0 Å². The summed E-state index contributed by atoms with van der Waals surface area (Å²) in [5.41, 5.74) is 3.99. The maximum absolute atomic E-state index is 9.71. The third kappa shape index (κ3) is 2.30. The fourth-order valence-electron chi connectivity index (χ4n) is 2.98. The maximum Gasteiger partial charge on any atom is 0.160 e. The molecule has 1 aromatic carbocycles. The van der Waals surface area contributed by atoms with E-state index in [0.29, 0.717) is 11.6 Å². The Kier molecular flexibility index (Phi) is 3.75. The standard InChI is InChI=1S/C17H15ClN4OS/c1-9-13(8-23)24-17-15(9)16(11-3-5-12(18)6-4-11)19-7-14-21-20-10(2)22(14)17/h3-6,23H,7-8H2,1-2H3. The molecule has 0 spiro atoms. The van der Waals surface area contributed by atoms with Crippen LogP contribution in [0.5, 0.6) is 0 Å². The number of aliphatic imine (C=N–C) groups is 1. The topological polar surface area (TPSA) is 63.3 Å². The zero-order chi connectivity index (χ0) is 16.8. The van der Waals surface area contributed by atoms with Crippen molar-refractivity contribution >= 4 is 28.6 Å². The second kappa shape index (κ2) is 5.81. The Morgan fingerprint density at radius 2 is 1.96 bits per heavy atom. The molecule has 1 aliphatic heterocycles. The van der Waals surface area contributed by atoms with E-state index < -0.39 is 0 Å². The van der Waals surface area contributed by atoms with Crippen molar-refractivity contribution in [2.45, 2.75) is 27.0 Å². The SMILES string of the molecule is Cc1c(CO)sc2c1C(c1ccc(Cl)cc1)=NCc1nnc(C)n1-2. The number of aliphatic hydroxyl groups excluding tert-OH is 1. The van der Waals surface area contributed by atoms with E-state index in [-0.39, 0.29) is 6.61 Å². The third-order valence-corrected chi connectivity index (χ3v) is 5.71. The number of fused-ring (bicyclic) bond motifs is 3. The lowest BCUT2D eigenvalue weighted by Crippen LogP contribution is -2.07. The number of halogens is 1. The number of nitrogens with zero attached hydrogens (tertiary/aromatic N) is 4. The van der Waals surface area contributed by atoms with Crippen LogP contribution < -0.4 is 0 Å². The van der Waals surface area contributed by atoms with Gasteiger partial charge in [-0.2, -0.15) is 0 Å². The molecule has 0 fully saturated rings. The fourth-order valence-corrected chi connectivity index (χ4v) is 4.34. The predicted molar refractivity (Wildman–Crippen MR) is 95.4 cm³/mol. The van der Waals surface area contributed by atoms with Gasteiger partial charge in [0.1, 0.15) is 17.4 Å². The van der Waals surface area contributed by atoms with Gasteiger partial charge in [0.2, 0.25) is 0 Å². The van der Waals surface area contributed by atoms with Gasteiger partial charge in [0.15, 0.2) is 5.82 Å². The highest BCUT2D eigenvalue weighted by Crippen LogP contribution is 2.36. The minimum absolute atomic E-state index is 0.00784. The second-order valence-electron chi connectivity index (χ2n) is 5.66. The fraction of sp³-hybridized carbons (Fsp3) is 0.235. The molecule has 0 unspecified atom stereocenters. The molecule has 1 N–H and O–H groups in total. The van der Waals surface area contributed by atoms with Crippen molar-refractivity contribution in [1.82, 2.24) is 14.8 Å². The Morgan fingerprint density at radius 1 is 1.21 bits per heavy atom. The summed E-state index contributed by atoms with van der Waals surface area (Å²) in [4.78, 5) is 5.74. The van der Waals surface area contributed by atoms with E-state index in [4.69, 9.17) is 16.6 Å². The zero-order valence-electron chi connectivity index (χ0n) is 13.2. The van der Waals surface area contributed by atoms with Crippen LogP contribution in [0, 0.1) is 13.8 Å². The van der Waals surface area contributed by atoms with Gasteiger partial charge in [0, 0.05) is 21.0 Å². The Bertz CT molecular complexity index is 956. The highest BCUT2D eigenvalue weighted by Gasteiger charge is 2.27. The number of aryl methyl sites for hydroxylation is 1. The van der Waals surface area contributed by atoms with Gasteiger partial charge in [-0.1, -0.05) is 23.7 Å². The average Bonchev–Trinajstić information content (AvgIpc) is 3.04. The van der Waals surface area contributed by atoms with Crippen molar-refractivity contribution in [3.63, 3.8) is 0 Å². The van der Waals surface area contributed by atoms with Crippen LogP contribution in [0.4, 0.5) is 0 Å². The average molecular weight is 359 g/mol. The lowest BCUT2D eigenvalue weighted by Gasteiger charge is -2.09. The first kappa shape index (κ1) is 15.5. The first-order valence-corrected chi connectivity index (χ1v) is 8.74. The third-order valence-electron chi connectivity index (χ3n) is 4.20. The van der Waals surface area contributed by atoms with Crippen LogP contribution in [0.15, 0.2) is 29.3 Å². The Labute approximate surface area is 148 Å². The molecule has 0 radical (unpaired) electrons. The molecule has 1 aliphatic rings. The molecule has 122 valence electrons. The van der Waals surface area contributed by atoms with Crippen molar-refractivity contribution in [3.05, 3.63) is 62.5 Å². The van der Waals surface area contributed by atoms with E-state index >= 15 is 0 Å². The van der Waals surface area contributed by atoms with Gasteiger partial charge < -0.3 is 5.11 Å². The van der Waals surface area contributed by atoms with Gasteiger partial charge in [-0.05, 0) is 31.5 Å². The van der Waals surface area contributed by atoms with Crippen LogP contribution in [-0.4, -0.2) is 25.6 Å². The van der Waals surface area contributed by atoms with Crippen LogP contribution in [0.2, 0.25) is 5.02 Å². The van der Waals surface area contributed by atoms with Crippen LogP contribution in [0.1, 0.15) is 33.2 Å². The molecule has 0 bridgehead atoms. The predicted octanol–water partition coefficient (Wildman–Crippen LogP) is 3.44. The Morgan fingerprint density at radius 3 is 2.67 bits per heavy atom. The Hall–Kier alpha value is -2.02. The maximum atomic E-state index is 9.71. The van der Waals surface area contributed by atoms with Gasteiger partial charge in [0.25, 0.3) is 0 Å². The minimum atomic E-state index is 0.00784. The molecule has 0 saturated heterocycles. The molecule has 7 heteroatoms. The first-order valence-electron chi connectivity index (χ1n) is 7.55. The van der Waals surface area contributed by atoms with E-state index in [1.165, 1.54) is 0 Å². The summed E-state index contributed by atoms with van der Waals surface area (Å²) >= 11 is 7.59. The highest BCUT2D eigenvalue weighted by atomic mass is 35.5. The number of thiophene rings is 1. The van der Waals surface area contributed by atoms with Gasteiger partial charge in [-0.3, -0.25) is 9.56 Å². The zero-order valence-corrected chi connectivity index (χ0v) is 14.8. The Balaban J connectivity index is 2.00. The van der Waals surface area contributed by atoms with E-state index in [1.807, 2.05) is 42.7 Å². The van der Waals surface area contributed by atoms with Gasteiger partial charge in [-0.15, -0.1) is 21.5 Å². The smallest absolute Gasteiger partial charge is 0.160 e. The summed E-state index contributed by atoms with van der Waals surface area (Å²) in [5, 5.41) is 19.9. The molecule has 2 aromatic heterocycles. The van der Waals surface area contributed by atoms with Crippen LogP contribution >= 0.6 is 22.9 Å². The molecular formula is C17H15ClN4OS. The molecule has 4 rings (SSSR count). The van der Waals surface area contributed by atoms with Crippen molar-refractivity contribution in [3.8, 4) is 5.00 Å². The van der Waals surface area contributed by atoms with Crippen LogP contribution in [-0.2, 0) is 13.2 Å². The van der Waals surface area contributed by atoms with Crippen molar-refractivity contribution in [2.75, 3.05) is 0 Å². The van der Waals surface area contributed by atoms with E-state index in [9.17, 15) is 5.11 Å². The molecule has 0 amide bonds. The summed E-state index contributed by atoms with van der Waals surface area (Å²) in [7, 11) is 0. The lowest BCUT2D eigenvalue weighted by atomic mass is 10.00. The molecule has 3 aromatic rings. The molecule has 5 nitrogen and oxygen atoms in total. The van der Waals surface area contributed by atoms with E-state index in [2.05, 4.69) is 10.2 Å². The van der Waals surface area contributed by atoms with Crippen molar-refractivity contribution in [2.24, 2.45) is 4.99 Å². The summed E-state index contributed by atoms with van der Waals surface area (Å²) in [6, 6.07) is 7.67. The van der Waals surface area contributed by atoms with E-state index in [1.54, 1.807) is 11.3 Å². The highest BCUT2D eigenvalue weighted by molar-refractivity contribution is 7.15. The minimum Gasteiger partial charge on any atom is -0.391 e. The number of aliphatic hydroxyl groups is 1. The number of hydrogen-bond acceptors (Lipinski definition) is 5. The molecule has 0 saturated carbocycles. The summed E-state index contributed by atoms with van der Waals surface area (Å²) in [6.45, 7) is 4.43. The quantitative estimate of drug-likeness (QED) is 0.763. The van der Waals surface area contributed by atoms with Crippen LogP contribution in [0.25, 0.3) is 5.00 Å². The monoisotopic (exact) mass is 358 g/mol. The summed E-state index contributed by atoms with van der Waals surface area (Å²) < 4.78 is 2.04. The van der Waals surface area contributed by atoms with E-state index in [0.717, 1.165) is 43.9 Å². The second-order valence-corrected chi connectivity index (χ2v) is 7.18. The molecule has 0 atom stereocenters. The molecule has 0 aliphatic carbocycles. The van der Waals surface area contributed by atoms with Crippen LogP contribution in [0.3, 0.4) is 0 Å². The molecule has 24 heavy (non-hydrogen) atoms. The summed E-state index contributed by atoms with van der Waals surface area (Å²) in [5.74, 6) is 1.63. The number of rotatable bonds is 2. The largest absolute Gasteiger partial charge is 0.391 e. The van der Waals surface area contributed by atoms with Gasteiger partial charge >= 0.3 is 0 Å². The first-order chi connectivity index (χ1) is 11.6. The van der Waals surface area contributed by atoms with Crippen molar-refractivity contribution < 1.29 is 5.11 Å². The molecular weight excluding hydrogens is 344 g/mol. The normalized spacial score (nSPS) is 13.2. The number of aromatic nitrogens is 3. The summed E-state index contributed by atoms with van der Waals surface area (Å²) in [6.07, 6.45) is 0. The lowest BCUT2D eigenvalue weighted by molar-refractivity contribution is 0.285.